The summed E-state index contributed by atoms with van der Waals surface area (Å²) in [7, 11) is 1.67. The van der Waals surface area contributed by atoms with Gasteiger partial charge in [0.15, 0.2) is 0 Å². The van der Waals surface area contributed by atoms with Crippen molar-refractivity contribution in [2.45, 2.75) is 45.1 Å². The predicted octanol–water partition coefficient (Wildman–Crippen LogP) is 4.23. The molecule has 2 atom stereocenters. The Hall–Kier alpha value is -0.730. The summed E-state index contributed by atoms with van der Waals surface area (Å²) < 4.78 is 5.31. The summed E-state index contributed by atoms with van der Waals surface area (Å²) in [4.78, 5) is 0. The van der Waals surface area contributed by atoms with E-state index in [2.05, 4.69) is 38.2 Å². The molecule has 19 heavy (non-hydrogen) atoms. The second-order valence-corrected chi connectivity index (χ2v) is 6.88. The van der Waals surface area contributed by atoms with Gasteiger partial charge in [0.05, 0.1) is 12.1 Å². The average Bonchev–Trinajstić information content (AvgIpc) is 2.28. The van der Waals surface area contributed by atoms with E-state index in [1.807, 2.05) is 6.07 Å². The van der Waals surface area contributed by atoms with Crippen LogP contribution in [0.4, 0.5) is 0 Å². The zero-order valence-corrected chi connectivity index (χ0v) is 13.1. The van der Waals surface area contributed by atoms with Crippen molar-refractivity contribution in [1.82, 2.24) is 5.32 Å². The van der Waals surface area contributed by atoms with Crippen LogP contribution in [0.5, 0.6) is 5.75 Å². The minimum absolute atomic E-state index is 0.192. The molecule has 0 aromatic heterocycles. The first kappa shape index (κ1) is 14.7. The van der Waals surface area contributed by atoms with Gasteiger partial charge in [-0.15, -0.1) is 0 Å². The van der Waals surface area contributed by atoms with Crippen molar-refractivity contribution >= 4 is 11.6 Å². The monoisotopic (exact) mass is 281 g/mol. The topological polar surface area (TPSA) is 21.3 Å². The lowest BCUT2D eigenvalue weighted by Gasteiger charge is -2.39. The molecular weight excluding hydrogens is 258 g/mol. The lowest BCUT2D eigenvalue weighted by Crippen LogP contribution is -2.42. The quantitative estimate of drug-likeness (QED) is 0.892. The molecule has 2 unspecified atom stereocenters. The Morgan fingerprint density at radius 3 is 2.58 bits per heavy atom. The van der Waals surface area contributed by atoms with Crippen molar-refractivity contribution in [1.29, 1.82) is 0 Å². The van der Waals surface area contributed by atoms with Crippen LogP contribution in [0.2, 0.25) is 5.02 Å². The second-order valence-electron chi connectivity index (χ2n) is 6.47. The maximum Gasteiger partial charge on any atom is 0.137 e. The third kappa shape index (κ3) is 3.64. The lowest BCUT2D eigenvalue weighted by atomic mass is 9.70. The van der Waals surface area contributed by atoms with Crippen LogP contribution >= 0.6 is 11.6 Å². The van der Waals surface area contributed by atoms with E-state index in [1.54, 1.807) is 7.11 Å². The van der Waals surface area contributed by atoms with Gasteiger partial charge in [0.1, 0.15) is 5.75 Å². The van der Waals surface area contributed by atoms with Crippen molar-refractivity contribution in [3.63, 3.8) is 0 Å². The van der Waals surface area contributed by atoms with Crippen molar-refractivity contribution in [2.75, 3.05) is 13.7 Å². The Morgan fingerprint density at radius 1 is 1.32 bits per heavy atom. The van der Waals surface area contributed by atoms with Gasteiger partial charge in [-0.1, -0.05) is 17.7 Å². The normalized spacial score (nSPS) is 23.0. The first-order chi connectivity index (χ1) is 8.90. The molecule has 0 radical (unpaired) electrons. The van der Waals surface area contributed by atoms with Crippen LogP contribution in [0, 0.1) is 5.92 Å². The molecule has 0 bridgehead atoms. The fourth-order valence-corrected chi connectivity index (χ4v) is 2.79. The van der Waals surface area contributed by atoms with E-state index < -0.39 is 0 Å². The van der Waals surface area contributed by atoms with Crippen molar-refractivity contribution in [3.8, 4) is 5.75 Å². The largest absolute Gasteiger partial charge is 0.495 e. The minimum atomic E-state index is 0.192. The highest BCUT2D eigenvalue weighted by molar-refractivity contribution is 6.32. The number of nitrogens with one attached hydrogen (secondary N) is 1. The molecule has 1 N–H and O–H groups in total. The van der Waals surface area contributed by atoms with Crippen molar-refractivity contribution < 1.29 is 4.74 Å². The molecule has 1 fully saturated rings. The number of rotatable bonds is 4. The summed E-state index contributed by atoms with van der Waals surface area (Å²) in [5, 5.41) is 4.30. The van der Waals surface area contributed by atoms with E-state index in [0.717, 1.165) is 18.2 Å². The molecule has 0 heterocycles. The van der Waals surface area contributed by atoms with Gasteiger partial charge in [-0.3, -0.25) is 0 Å². The molecule has 0 amide bonds. The first-order valence-corrected chi connectivity index (χ1v) is 7.37. The van der Waals surface area contributed by atoms with Crippen LogP contribution in [0.1, 0.15) is 45.1 Å². The van der Waals surface area contributed by atoms with Crippen LogP contribution in [0.3, 0.4) is 0 Å². The van der Waals surface area contributed by atoms with Gasteiger partial charge in [-0.2, -0.15) is 0 Å². The number of hydrogen-bond acceptors (Lipinski definition) is 2. The maximum absolute atomic E-state index is 6.08. The van der Waals surface area contributed by atoms with Gasteiger partial charge >= 0.3 is 0 Å². The highest BCUT2D eigenvalue weighted by Crippen LogP contribution is 2.44. The minimum Gasteiger partial charge on any atom is -0.495 e. The molecule has 1 aliphatic rings. The fourth-order valence-electron chi connectivity index (χ4n) is 2.60. The summed E-state index contributed by atoms with van der Waals surface area (Å²) in [5.41, 5.74) is 1.55. The van der Waals surface area contributed by atoms with E-state index in [0.29, 0.717) is 10.9 Å². The van der Waals surface area contributed by atoms with Gasteiger partial charge in [0.25, 0.3) is 0 Å². The van der Waals surface area contributed by atoms with Gasteiger partial charge in [0, 0.05) is 5.54 Å². The summed E-state index contributed by atoms with van der Waals surface area (Å²) in [5.74, 6) is 2.15. The highest BCUT2D eigenvalue weighted by Gasteiger charge is 2.32. The summed E-state index contributed by atoms with van der Waals surface area (Å²) in [6.07, 6.45) is 2.57. The average molecular weight is 282 g/mol. The molecule has 106 valence electrons. The lowest BCUT2D eigenvalue weighted by molar-refractivity contribution is 0.225. The maximum atomic E-state index is 6.08. The molecule has 2 rings (SSSR count). The fraction of sp³-hybridized carbons (Fsp3) is 0.625. The van der Waals surface area contributed by atoms with E-state index >= 15 is 0 Å². The van der Waals surface area contributed by atoms with E-state index in [-0.39, 0.29) is 5.54 Å². The van der Waals surface area contributed by atoms with Gasteiger partial charge < -0.3 is 10.1 Å². The third-order valence-electron chi connectivity index (χ3n) is 3.92. The van der Waals surface area contributed by atoms with Crippen molar-refractivity contribution in [2.24, 2.45) is 5.92 Å². The second kappa shape index (κ2) is 5.72. The van der Waals surface area contributed by atoms with Gasteiger partial charge in [-0.25, -0.2) is 0 Å². The zero-order chi connectivity index (χ0) is 14.0. The molecular formula is C16H24ClNO. The molecule has 1 aromatic carbocycles. The molecule has 1 saturated carbocycles. The zero-order valence-electron chi connectivity index (χ0n) is 12.3. The number of methoxy groups -OCH3 is 1. The Kier molecular flexibility index (Phi) is 4.42. The molecule has 0 spiro atoms. The molecule has 0 saturated heterocycles. The SMILES string of the molecule is COc1cc(C2CCC2CNC(C)(C)C)ccc1Cl. The molecule has 1 aliphatic carbocycles. The third-order valence-corrected chi connectivity index (χ3v) is 4.23. The summed E-state index contributed by atoms with van der Waals surface area (Å²) in [6.45, 7) is 7.73. The van der Waals surface area contributed by atoms with Gasteiger partial charge in [-0.05, 0) is 69.7 Å². The van der Waals surface area contributed by atoms with Gasteiger partial charge in [0.2, 0.25) is 0 Å². The molecule has 1 aromatic rings. The number of halogens is 1. The van der Waals surface area contributed by atoms with Crippen LogP contribution in [-0.2, 0) is 0 Å². The number of benzene rings is 1. The first-order valence-electron chi connectivity index (χ1n) is 6.99. The predicted molar refractivity (Wildman–Crippen MR) is 81.2 cm³/mol. The summed E-state index contributed by atoms with van der Waals surface area (Å²) in [6, 6.07) is 6.18. The standard InChI is InChI=1S/C16H24ClNO/c1-16(2,3)18-10-12-5-7-13(12)11-6-8-14(17)15(9-11)19-4/h6,8-9,12-13,18H,5,7,10H2,1-4H3. The Bertz CT molecular complexity index is 439. The van der Waals surface area contributed by atoms with Crippen LogP contribution in [0.25, 0.3) is 0 Å². The van der Waals surface area contributed by atoms with Crippen LogP contribution in [0.15, 0.2) is 18.2 Å². The Balaban J connectivity index is 2.02. The molecule has 3 heteroatoms. The Morgan fingerprint density at radius 2 is 2.05 bits per heavy atom. The smallest absolute Gasteiger partial charge is 0.137 e. The van der Waals surface area contributed by atoms with E-state index in [1.165, 1.54) is 18.4 Å². The van der Waals surface area contributed by atoms with Crippen LogP contribution in [-0.4, -0.2) is 19.2 Å². The molecule has 2 nitrogen and oxygen atoms in total. The number of ether oxygens (including phenoxy) is 1. The van der Waals surface area contributed by atoms with E-state index in [4.69, 9.17) is 16.3 Å². The Labute approximate surface area is 121 Å². The highest BCUT2D eigenvalue weighted by atomic mass is 35.5. The summed E-state index contributed by atoms with van der Waals surface area (Å²) >= 11 is 6.08. The molecule has 0 aliphatic heterocycles. The number of hydrogen-bond donors (Lipinski definition) is 1. The van der Waals surface area contributed by atoms with E-state index in [9.17, 15) is 0 Å². The van der Waals surface area contributed by atoms with Crippen molar-refractivity contribution in [3.05, 3.63) is 28.8 Å². The van der Waals surface area contributed by atoms with Crippen LogP contribution < -0.4 is 10.1 Å².